The van der Waals surface area contributed by atoms with Crippen LogP contribution in [-0.4, -0.2) is 24.6 Å². The van der Waals surface area contributed by atoms with E-state index in [4.69, 9.17) is 13.9 Å². The van der Waals surface area contributed by atoms with Crippen LogP contribution in [0.15, 0.2) is 65.1 Å². The van der Waals surface area contributed by atoms with Crippen LogP contribution < -0.4 is 14.8 Å². The van der Waals surface area contributed by atoms with Crippen LogP contribution in [0.1, 0.15) is 11.1 Å². The topological polar surface area (TPSA) is 73.6 Å². The van der Waals surface area contributed by atoms with Crippen molar-refractivity contribution in [1.29, 1.82) is 0 Å². The Hall–Kier alpha value is -3.80. The number of aromatic nitrogens is 1. The van der Waals surface area contributed by atoms with E-state index in [1.54, 1.807) is 7.11 Å². The first kappa shape index (κ1) is 19.5. The second-order valence-electron chi connectivity index (χ2n) is 7.03. The highest BCUT2D eigenvalue weighted by atomic mass is 16.5. The molecule has 6 heteroatoms. The molecule has 1 amide bonds. The average molecular weight is 402 g/mol. The lowest BCUT2D eigenvalue weighted by Gasteiger charge is -2.11. The van der Waals surface area contributed by atoms with Gasteiger partial charge in [0.05, 0.1) is 7.11 Å². The zero-order valence-electron chi connectivity index (χ0n) is 17.1. The van der Waals surface area contributed by atoms with E-state index in [0.29, 0.717) is 34.2 Å². The van der Waals surface area contributed by atoms with Crippen molar-refractivity contribution < 1.29 is 18.7 Å². The van der Waals surface area contributed by atoms with E-state index in [1.165, 1.54) is 0 Å². The minimum atomic E-state index is -0.238. The van der Waals surface area contributed by atoms with Crippen molar-refractivity contribution >= 4 is 22.7 Å². The van der Waals surface area contributed by atoms with Crippen molar-refractivity contribution in [3.05, 3.63) is 71.8 Å². The number of ether oxygens (including phenoxy) is 2. The monoisotopic (exact) mass is 402 g/mol. The lowest BCUT2D eigenvalue weighted by Crippen LogP contribution is -2.20. The van der Waals surface area contributed by atoms with Gasteiger partial charge in [0.1, 0.15) is 17.0 Å². The van der Waals surface area contributed by atoms with Gasteiger partial charge in [-0.15, -0.1) is 0 Å². The Morgan fingerprint density at radius 2 is 1.77 bits per heavy atom. The predicted molar refractivity (Wildman–Crippen MR) is 116 cm³/mol. The highest BCUT2D eigenvalue weighted by Crippen LogP contribution is 2.29. The first-order valence-corrected chi connectivity index (χ1v) is 9.57. The molecule has 0 saturated carbocycles. The Bertz CT molecular complexity index is 1200. The van der Waals surface area contributed by atoms with Crippen LogP contribution in [-0.2, 0) is 4.79 Å². The smallest absolute Gasteiger partial charge is 0.262 e. The first-order valence-electron chi connectivity index (χ1n) is 9.57. The number of oxazole rings is 1. The molecule has 0 saturated heterocycles. The van der Waals surface area contributed by atoms with Gasteiger partial charge in [0.2, 0.25) is 5.89 Å². The van der Waals surface area contributed by atoms with Gasteiger partial charge in [0.25, 0.3) is 5.91 Å². The molecule has 1 heterocycles. The van der Waals surface area contributed by atoms with Crippen LogP contribution in [0.5, 0.6) is 11.5 Å². The zero-order chi connectivity index (χ0) is 21.1. The molecule has 3 aromatic carbocycles. The van der Waals surface area contributed by atoms with E-state index in [0.717, 1.165) is 16.7 Å². The van der Waals surface area contributed by atoms with Gasteiger partial charge in [0.15, 0.2) is 12.2 Å². The summed E-state index contributed by atoms with van der Waals surface area (Å²) in [6, 6.07) is 18.7. The number of hydrogen-bond donors (Lipinski definition) is 1. The second kappa shape index (κ2) is 8.29. The number of rotatable bonds is 6. The standard InChI is InChI=1S/C24H22N2O4/c1-15-4-8-18(9-5-15)29-14-23(27)25-20-12-17(7-6-16(20)2)24-26-21-13-19(28-3)10-11-22(21)30-24/h4-13H,14H2,1-3H3,(H,25,27). The maximum Gasteiger partial charge on any atom is 0.262 e. The molecular formula is C24H22N2O4. The summed E-state index contributed by atoms with van der Waals surface area (Å²) in [6.07, 6.45) is 0. The van der Waals surface area contributed by atoms with Crippen LogP contribution in [0.3, 0.4) is 0 Å². The highest BCUT2D eigenvalue weighted by Gasteiger charge is 2.12. The molecule has 0 atom stereocenters. The molecule has 1 N–H and O–H groups in total. The van der Waals surface area contributed by atoms with Crippen molar-refractivity contribution in [2.45, 2.75) is 13.8 Å². The summed E-state index contributed by atoms with van der Waals surface area (Å²) >= 11 is 0. The van der Waals surface area contributed by atoms with Crippen LogP contribution >= 0.6 is 0 Å². The van der Waals surface area contributed by atoms with Crippen LogP contribution in [0, 0.1) is 13.8 Å². The Kier molecular flexibility index (Phi) is 5.39. The average Bonchev–Trinajstić information content (AvgIpc) is 3.18. The number of methoxy groups -OCH3 is 1. The van der Waals surface area contributed by atoms with Gasteiger partial charge in [-0.05, 0) is 55.8 Å². The van der Waals surface area contributed by atoms with Gasteiger partial charge >= 0.3 is 0 Å². The zero-order valence-corrected chi connectivity index (χ0v) is 17.1. The maximum atomic E-state index is 12.4. The van der Waals surface area contributed by atoms with E-state index in [1.807, 2.05) is 74.5 Å². The number of carbonyl (C=O) groups excluding carboxylic acids is 1. The summed E-state index contributed by atoms with van der Waals surface area (Å²) < 4.78 is 16.7. The highest BCUT2D eigenvalue weighted by molar-refractivity contribution is 5.93. The van der Waals surface area contributed by atoms with E-state index >= 15 is 0 Å². The predicted octanol–water partition coefficient (Wildman–Crippen LogP) is 5.14. The number of nitrogens with one attached hydrogen (secondary N) is 1. The largest absolute Gasteiger partial charge is 0.497 e. The van der Waals surface area contributed by atoms with E-state index < -0.39 is 0 Å². The molecule has 0 bridgehead atoms. The number of carbonyl (C=O) groups is 1. The summed E-state index contributed by atoms with van der Waals surface area (Å²) in [5, 5.41) is 2.90. The molecule has 0 fully saturated rings. The number of fused-ring (bicyclic) bond motifs is 1. The van der Waals surface area contributed by atoms with Gasteiger partial charge in [-0.2, -0.15) is 0 Å². The Labute approximate surface area is 174 Å². The third-order valence-corrected chi connectivity index (χ3v) is 4.74. The number of hydrogen-bond acceptors (Lipinski definition) is 5. The van der Waals surface area contributed by atoms with Crippen molar-refractivity contribution in [2.75, 3.05) is 19.0 Å². The molecule has 152 valence electrons. The number of anilines is 1. The third kappa shape index (κ3) is 4.27. The van der Waals surface area contributed by atoms with Gasteiger partial charge in [-0.1, -0.05) is 23.8 Å². The van der Waals surface area contributed by atoms with Crippen molar-refractivity contribution in [3.63, 3.8) is 0 Å². The van der Waals surface area contributed by atoms with Gasteiger partial charge < -0.3 is 19.2 Å². The fourth-order valence-electron chi connectivity index (χ4n) is 3.02. The van der Waals surface area contributed by atoms with E-state index in [9.17, 15) is 4.79 Å². The lowest BCUT2D eigenvalue weighted by molar-refractivity contribution is -0.118. The van der Waals surface area contributed by atoms with E-state index in [-0.39, 0.29) is 12.5 Å². The number of amides is 1. The molecule has 30 heavy (non-hydrogen) atoms. The summed E-state index contributed by atoms with van der Waals surface area (Å²) in [6.45, 7) is 3.85. The molecular weight excluding hydrogens is 380 g/mol. The third-order valence-electron chi connectivity index (χ3n) is 4.74. The van der Waals surface area contributed by atoms with Gasteiger partial charge in [-0.3, -0.25) is 4.79 Å². The maximum absolute atomic E-state index is 12.4. The SMILES string of the molecule is COc1ccc2oc(-c3ccc(C)c(NC(=O)COc4ccc(C)cc4)c3)nc2c1. The number of nitrogens with zero attached hydrogens (tertiary/aromatic N) is 1. The Morgan fingerprint density at radius 1 is 1.00 bits per heavy atom. The van der Waals surface area contributed by atoms with Gasteiger partial charge in [0, 0.05) is 17.3 Å². The van der Waals surface area contributed by atoms with Crippen LogP contribution in [0.2, 0.25) is 0 Å². The van der Waals surface area contributed by atoms with E-state index in [2.05, 4.69) is 10.3 Å². The first-order chi connectivity index (χ1) is 14.5. The molecule has 4 aromatic rings. The molecule has 1 aromatic heterocycles. The molecule has 0 unspecified atom stereocenters. The summed E-state index contributed by atoms with van der Waals surface area (Å²) in [4.78, 5) is 16.9. The van der Waals surface area contributed by atoms with Crippen LogP contribution in [0.4, 0.5) is 5.69 Å². The minimum Gasteiger partial charge on any atom is -0.497 e. The molecule has 0 aliphatic carbocycles. The quantitative estimate of drug-likeness (QED) is 0.483. The van der Waals surface area contributed by atoms with Crippen LogP contribution in [0.25, 0.3) is 22.6 Å². The molecule has 0 radical (unpaired) electrons. The van der Waals surface area contributed by atoms with Crippen molar-refractivity contribution in [2.24, 2.45) is 0 Å². The fraction of sp³-hybridized carbons (Fsp3) is 0.167. The van der Waals surface area contributed by atoms with Crippen molar-refractivity contribution in [1.82, 2.24) is 4.98 Å². The Morgan fingerprint density at radius 3 is 2.53 bits per heavy atom. The number of aryl methyl sites for hydroxylation is 2. The van der Waals surface area contributed by atoms with Gasteiger partial charge in [-0.25, -0.2) is 4.98 Å². The fourth-order valence-corrected chi connectivity index (χ4v) is 3.02. The molecule has 4 rings (SSSR count). The molecule has 6 nitrogen and oxygen atoms in total. The molecule has 0 aliphatic rings. The second-order valence-corrected chi connectivity index (χ2v) is 7.03. The lowest BCUT2D eigenvalue weighted by atomic mass is 10.1. The number of benzene rings is 3. The summed E-state index contributed by atoms with van der Waals surface area (Å²) in [5.74, 6) is 1.61. The van der Waals surface area contributed by atoms with Crippen molar-refractivity contribution in [3.8, 4) is 23.0 Å². The normalized spacial score (nSPS) is 10.8. The molecule has 0 spiro atoms. The molecule has 0 aliphatic heterocycles. The summed E-state index contributed by atoms with van der Waals surface area (Å²) in [5.41, 5.74) is 4.90. The summed E-state index contributed by atoms with van der Waals surface area (Å²) in [7, 11) is 1.61. The Balaban J connectivity index is 1.50. The minimum absolute atomic E-state index is 0.0740.